The van der Waals surface area contributed by atoms with Crippen molar-refractivity contribution in [1.29, 1.82) is 0 Å². The van der Waals surface area contributed by atoms with Crippen molar-refractivity contribution in [3.63, 3.8) is 0 Å². The minimum absolute atomic E-state index is 0.340. The van der Waals surface area contributed by atoms with Gasteiger partial charge >= 0.3 is 0 Å². The van der Waals surface area contributed by atoms with Gasteiger partial charge in [0.25, 0.3) is 0 Å². The number of nitrogen functional groups attached to an aromatic ring is 1. The molecule has 1 aliphatic rings. The summed E-state index contributed by atoms with van der Waals surface area (Å²) in [6.07, 6.45) is 3.83. The molecule has 0 spiro atoms. The first kappa shape index (κ1) is 11.3. The van der Waals surface area contributed by atoms with Gasteiger partial charge in [-0.3, -0.25) is 0 Å². The summed E-state index contributed by atoms with van der Waals surface area (Å²) in [5.74, 6) is 2.50. The number of hydrogen-bond acceptors (Lipinski definition) is 5. The Bertz CT molecular complexity index is 350. The Labute approximate surface area is 95.5 Å². The molecule has 1 aliphatic heterocycles. The summed E-state index contributed by atoms with van der Waals surface area (Å²) >= 11 is 0. The van der Waals surface area contributed by atoms with Gasteiger partial charge in [0.15, 0.2) is 0 Å². The normalized spacial score (nSPS) is 20.2. The van der Waals surface area contributed by atoms with E-state index >= 15 is 0 Å². The van der Waals surface area contributed by atoms with E-state index in [1.54, 1.807) is 0 Å². The van der Waals surface area contributed by atoms with Crippen molar-refractivity contribution >= 4 is 5.95 Å². The summed E-state index contributed by atoms with van der Waals surface area (Å²) in [6, 6.07) is 0. The zero-order valence-electron chi connectivity index (χ0n) is 9.65. The van der Waals surface area contributed by atoms with E-state index in [1.165, 1.54) is 0 Å². The van der Waals surface area contributed by atoms with Crippen LogP contribution >= 0.6 is 0 Å². The molecule has 1 unspecified atom stereocenters. The van der Waals surface area contributed by atoms with Gasteiger partial charge in [-0.05, 0) is 18.8 Å². The van der Waals surface area contributed by atoms with Crippen molar-refractivity contribution < 1.29 is 4.74 Å². The summed E-state index contributed by atoms with van der Waals surface area (Å²) in [5, 5.41) is 0. The van der Waals surface area contributed by atoms with Gasteiger partial charge in [0.1, 0.15) is 11.6 Å². The van der Waals surface area contributed by atoms with Crippen LogP contribution in [-0.2, 0) is 17.6 Å². The van der Waals surface area contributed by atoms with Crippen LogP contribution in [0.4, 0.5) is 5.95 Å². The summed E-state index contributed by atoms with van der Waals surface area (Å²) < 4.78 is 5.33. The lowest BCUT2D eigenvalue weighted by Gasteiger charge is -2.07. The van der Waals surface area contributed by atoms with Crippen LogP contribution in [0.5, 0.6) is 0 Å². The minimum Gasteiger partial charge on any atom is -0.381 e. The monoisotopic (exact) mass is 222 g/mol. The Morgan fingerprint density at radius 2 is 2.12 bits per heavy atom. The van der Waals surface area contributed by atoms with Gasteiger partial charge in [-0.25, -0.2) is 4.98 Å². The fraction of sp³-hybridized carbons (Fsp3) is 0.727. The van der Waals surface area contributed by atoms with Gasteiger partial charge in [-0.1, -0.05) is 6.92 Å². The minimum atomic E-state index is 0.340. The maximum atomic E-state index is 5.67. The molecule has 88 valence electrons. The molecular weight excluding hydrogens is 204 g/mol. The van der Waals surface area contributed by atoms with Gasteiger partial charge in [-0.2, -0.15) is 9.97 Å². The van der Waals surface area contributed by atoms with Crippen LogP contribution in [0.2, 0.25) is 0 Å². The maximum Gasteiger partial charge on any atom is 0.223 e. The summed E-state index contributed by atoms with van der Waals surface area (Å²) in [6.45, 7) is 3.77. The highest BCUT2D eigenvalue weighted by molar-refractivity contribution is 5.16. The lowest BCUT2D eigenvalue weighted by Crippen LogP contribution is -2.12. The highest BCUT2D eigenvalue weighted by atomic mass is 16.5. The first-order valence-corrected chi connectivity index (χ1v) is 5.85. The second-order valence-electron chi connectivity index (χ2n) is 4.21. The molecule has 1 aromatic rings. The fourth-order valence-electron chi connectivity index (χ4n) is 1.92. The van der Waals surface area contributed by atoms with Crippen LogP contribution in [0.25, 0.3) is 0 Å². The number of aryl methyl sites for hydroxylation is 1. The van der Waals surface area contributed by atoms with Gasteiger partial charge < -0.3 is 10.5 Å². The number of hydrogen-bond donors (Lipinski definition) is 1. The molecule has 5 heteroatoms. The molecule has 2 N–H and O–H groups in total. The summed E-state index contributed by atoms with van der Waals surface area (Å²) in [5.41, 5.74) is 5.67. The van der Waals surface area contributed by atoms with Gasteiger partial charge in [-0.15, -0.1) is 0 Å². The molecule has 0 aliphatic carbocycles. The smallest absolute Gasteiger partial charge is 0.223 e. The van der Waals surface area contributed by atoms with Crippen molar-refractivity contribution in [3.05, 3.63) is 11.6 Å². The third-order valence-electron chi connectivity index (χ3n) is 2.71. The van der Waals surface area contributed by atoms with E-state index in [0.29, 0.717) is 11.9 Å². The molecule has 2 heterocycles. The van der Waals surface area contributed by atoms with E-state index in [-0.39, 0.29) is 0 Å². The Balaban J connectivity index is 2.06. The lowest BCUT2D eigenvalue weighted by molar-refractivity contribution is 0.185. The molecule has 0 radical (unpaired) electrons. The summed E-state index contributed by atoms with van der Waals surface area (Å²) in [7, 11) is 0. The molecule has 1 fully saturated rings. The molecule has 16 heavy (non-hydrogen) atoms. The highest BCUT2D eigenvalue weighted by Gasteiger charge is 2.18. The SMILES string of the molecule is CCCc1nc(N)nc(CC2CCOC2)n1. The number of nitrogens with two attached hydrogens (primary N) is 1. The van der Waals surface area contributed by atoms with E-state index in [9.17, 15) is 0 Å². The number of ether oxygens (including phenoxy) is 1. The molecular formula is C11H18N4O. The quantitative estimate of drug-likeness (QED) is 0.822. The molecule has 1 saturated heterocycles. The first-order chi connectivity index (χ1) is 7.78. The second-order valence-corrected chi connectivity index (χ2v) is 4.21. The predicted molar refractivity (Wildman–Crippen MR) is 60.9 cm³/mol. The van der Waals surface area contributed by atoms with Gasteiger partial charge in [0, 0.05) is 26.1 Å². The third-order valence-corrected chi connectivity index (χ3v) is 2.71. The van der Waals surface area contributed by atoms with E-state index in [4.69, 9.17) is 10.5 Å². The average molecular weight is 222 g/mol. The number of anilines is 1. The molecule has 1 aromatic heterocycles. The van der Waals surface area contributed by atoms with E-state index in [1.807, 2.05) is 0 Å². The molecule has 5 nitrogen and oxygen atoms in total. The van der Waals surface area contributed by atoms with E-state index < -0.39 is 0 Å². The van der Waals surface area contributed by atoms with Crippen LogP contribution in [-0.4, -0.2) is 28.2 Å². The van der Waals surface area contributed by atoms with Crippen LogP contribution < -0.4 is 5.73 Å². The van der Waals surface area contributed by atoms with Crippen LogP contribution in [0.3, 0.4) is 0 Å². The molecule has 1 atom stereocenters. The van der Waals surface area contributed by atoms with Crippen LogP contribution in [0, 0.1) is 5.92 Å². The molecule has 0 aromatic carbocycles. The zero-order chi connectivity index (χ0) is 11.4. The van der Waals surface area contributed by atoms with Crippen LogP contribution in [0.15, 0.2) is 0 Å². The highest BCUT2D eigenvalue weighted by Crippen LogP contribution is 2.16. The Morgan fingerprint density at radius 3 is 2.81 bits per heavy atom. The molecule has 0 saturated carbocycles. The fourth-order valence-corrected chi connectivity index (χ4v) is 1.92. The largest absolute Gasteiger partial charge is 0.381 e. The summed E-state index contributed by atoms with van der Waals surface area (Å²) in [4.78, 5) is 12.7. The van der Waals surface area contributed by atoms with Crippen molar-refractivity contribution in [2.75, 3.05) is 18.9 Å². The zero-order valence-corrected chi connectivity index (χ0v) is 9.65. The van der Waals surface area contributed by atoms with Crippen molar-refractivity contribution in [2.24, 2.45) is 5.92 Å². The average Bonchev–Trinajstić information content (AvgIpc) is 2.70. The van der Waals surface area contributed by atoms with Crippen molar-refractivity contribution in [2.45, 2.75) is 32.6 Å². The standard InChI is InChI=1S/C11H18N4O/c1-2-3-9-13-10(15-11(12)14-9)6-8-4-5-16-7-8/h8H,2-7H2,1H3,(H2,12,13,14,15). The number of nitrogens with zero attached hydrogens (tertiary/aromatic N) is 3. The van der Waals surface area contributed by atoms with Gasteiger partial charge in [0.05, 0.1) is 0 Å². The number of rotatable bonds is 4. The first-order valence-electron chi connectivity index (χ1n) is 5.85. The molecule has 0 bridgehead atoms. The third kappa shape index (κ3) is 2.88. The topological polar surface area (TPSA) is 73.9 Å². The molecule has 2 rings (SSSR count). The second kappa shape index (κ2) is 5.21. The van der Waals surface area contributed by atoms with Crippen molar-refractivity contribution in [1.82, 2.24) is 15.0 Å². The van der Waals surface area contributed by atoms with E-state index in [2.05, 4.69) is 21.9 Å². The van der Waals surface area contributed by atoms with Crippen LogP contribution in [0.1, 0.15) is 31.4 Å². The van der Waals surface area contributed by atoms with E-state index in [0.717, 1.165) is 50.5 Å². The lowest BCUT2D eigenvalue weighted by atomic mass is 10.1. The predicted octanol–water partition coefficient (Wildman–Crippen LogP) is 0.985. The Kier molecular flexibility index (Phi) is 3.66. The Hall–Kier alpha value is -1.23. The Morgan fingerprint density at radius 1 is 1.31 bits per heavy atom. The van der Waals surface area contributed by atoms with Gasteiger partial charge in [0.2, 0.25) is 5.95 Å². The van der Waals surface area contributed by atoms with Crippen molar-refractivity contribution in [3.8, 4) is 0 Å². The molecule has 0 amide bonds. The maximum absolute atomic E-state index is 5.67. The number of aromatic nitrogens is 3.